The Balaban J connectivity index is 2.37. The lowest BCUT2D eigenvalue weighted by Crippen LogP contribution is -2.46. The highest BCUT2D eigenvalue weighted by Gasteiger charge is 2.35. The summed E-state index contributed by atoms with van der Waals surface area (Å²) < 4.78 is 1.89. The number of nitrogens with one attached hydrogen (secondary N) is 2. The third kappa shape index (κ3) is 4.47. The Labute approximate surface area is 124 Å². The number of carboxylic acids is 1. The van der Waals surface area contributed by atoms with Crippen LogP contribution in [0.4, 0.5) is 4.79 Å². The molecule has 0 saturated heterocycles. The second kappa shape index (κ2) is 7.66. The zero-order chi connectivity index (χ0) is 15.9. The Bertz CT molecular complexity index is 480. The maximum absolute atomic E-state index is 11.7. The highest BCUT2D eigenvalue weighted by molar-refractivity contribution is 5.78. The number of amides is 2. The van der Waals surface area contributed by atoms with E-state index in [-0.39, 0.29) is 12.6 Å². The molecule has 3 N–H and O–H groups in total. The summed E-state index contributed by atoms with van der Waals surface area (Å²) in [5.74, 6) is 0.0121. The number of nitrogens with zero attached hydrogens (tertiary/aromatic N) is 2. The molecule has 1 aromatic rings. The average Bonchev–Trinajstić information content (AvgIpc) is 2.86. The largest absolute Gasteiger partial charge is 0.481 e. The predicted octanol–water partition coefficient (Wildman–Crippen LogP) is 1.15. The van der Waals surface area contributed by atoms with Crippen molar-refractivity contribution in [3.8, 4) is 0 Å². The minimum Gasteiger partial charge on any atom is -0.481 e. The van der Waals surface area contributed by atoms with Crippen molar-refractivity contribution in [1.82, 2.24) is 20.2 Å². The van der Waals surface area contributed by atoms with Gasteiger partial charge in [0.1, 0.15) is 5.82 Å². The summed E-state index contributed by atoms with van der Waals surface area (Å²) >= 11 is 0. The first-order chi connectivity index (χ1) is 9.95. The van der Waals surface area contributed by atoms with Gasteiger partial charge in [0.25, 0.3) is 0 Å². The van der Waals surface area contributed by atoms with Gasteiger partial charge in [0.2, 0.25) is 0 Å². The molecule has 1 heterocycles. The van der Waals surface area contributed by atoms with E-state index in [4.69, 9.17) is 0 Å². The Kier molecular flexibility index (Phi) is 6.20. The summed E-state index contributed by atoms with van der Waals surface area (Å²) in [5, 5.41) is 14.6. The molecule has 0 aliphatic rings. The first-order valence-electron chi connectivity index (χ1n) is 7.16. The molecule has 0 aromatic carbocycles. The van der Waals surface area contributed by atoms with E-state index in [1.54, 1.807) is 6.20 Å². The van der Waals surface area contributed by atoms with Gasteiger partial charge in [0.05, 0.1) is 5.41 Å². The molecule has 1 rings (SSSR count). The van der Waals surface area contributed by atoms with Gasteiger partial charge in [-0.3, -0.25) is 4.79 Å². The fraction of sp³-hybridized carbons (Fsp3) is 0.643. The minimum atomic E-state index is -0.892. The maximum atomic E-state index is 11.7. The van der Waals surface area contributed by atoms with Gasteiger partial charge in [0, 0.05) is 39.0 Å². The van der Waals surface area contributed by atoms with E-state index in [1.165, 1.54) is 0 Å². The van der Waals surface area contributed by atoms with Crippen LogP contribution in [0.15, 0.2) is 12.4 Å². The summed E-state index contributed by atoms with van der Waals surface area (Å²) in [6, 6.07) is -0.350. The van der Waals surface area contributed by atoms with Gasteiger partial charge in [-0.25, -0.2) is 9.78 Å². The SMILES string of the molecule is CCC(CC)(CNC(=O)NCCc1nccn1C)C(=O)O. The van der Waals surface area contributed by atoms with Gasteiger partial charge < -0.3 is 20.3 Å². The molecular formula is C14H24N4O3. The lowest BCUT2D eigenvalue weighted by molar-refractivity contribution is -0.149. The predicted molar refractivity (Wildman–Crippen MR) is 79.0 cm³/mol. The molecule has 0 aliphatic carbocycles. The Hall–Kier alpha value is -2.05. The van der Waals surface area contributed by atoms with Crippen molar-refractivity contribution >= 4 is 12.0 Å². The van der Waals surface area contributed by atoms with Gasteiger partial charge in [-0.2, -0.15) is 0 Å². The summed E-state index contributed by atoms with van der Waals surface area (Å²) in [6.07, 6.45) is 5.14. The van der Waals surface area contributed by atoms with Crippen LogP contribution in [0, 0.1) is 5.41 Å². The number of imidazole rings is 1. The minimum absolute atomic E-state index is 0.129. The Morgan fingerprint density at radius 1 is 1.33 bits per heavy atom. The normalized spacial score (nSPS) is 11.2. The molecule has 118 valence electrons. The van der Waals surface area contributed by atoms with Gasteiger partial charge in [-0.05, 0) is 12.8 Å². The number of carbonyl (C=O) groups excluding carboxylic acids is 1. The number of hydrogen-bond donors (Lipinski definition) is 3. The van der Waals surface area contributed by atoms with Crippen molar-refractivity contribution < 1.29 is 14.7 Å². The average molecular weight is 296 g/mol. The third-order valence-corrected chi connectivity index (χ3v) is 3.95. The lowest BCUT2D eigenvalue weighted by Gasteiger charge is -2.26. The number of carboxylic acid groups (broad SMARTS) is 1. The van der Waals surface area contributed by atoms with Crippen LogP contribution in [-0.4, -0.2) is 39.7 Å². The van der Waals surface area contributed by atoms with E-state index < -0.39 is 11.4 Å². The van der Waals surface area contributed by atoms with Crippen LogP contribution >= 0.6 is 0 Å². The third-order valence-electron chi connectivity index (χ3n) is 3.95. The number of rotatable bonds is 8. The van der Waals surface area contributed by atoms with Crippen LogP contribution in [0.1, 0.15) is 32.5 Å². The van der Waals surface area contributed by atoms with Gasteiger partial charge in [-0.1, -0.05) is 13.8 Å². The fourth-order valence-electron chi connectivity index (χ4n) is 2.12. The van der Waals surface area contributed by atoms with Crippen LogP contribution in [0.5, 0.6) is 0 Å². The quantitative estimate of drug-likeness (QED) is 0.670. The number of aliphatic carboxylic acids is 1. The van der Waals surface area contributed by atoms with Gasteiger partial charge in [-0.15, -0.1) is 0 Å². The molecule has 21 heavy (non-hydrogen) atoms. The molecule has 0 atom stereocenters. The molecule has 0 radical (unpaired) electrons. The Morgan fingerprint density at radius 2 is 2.00 bits per heavy atom. The summed E-state index contributed by atoms with van der Waals surface area (Å²) in [4.78, 5) is 27.2. The molecule has 0 bridgehead atoms. The van der Waals surface area contributed by atoms with E-state index in [0.717, 1.165) is 5.82 Å². The molecule has 7 heteroatoms. The van der Waals surface area contributed by atoms with Gasteiger partial charge in [0.15, 0.2) is 0 Å². The molecule has 1 aromatic heterocycles. The van der Waals surface area contributed by atoms with Crippen molar-refractivity contribution in [3.63, 3.8) is 0 Å². The molecule has 0 aliphatic heterocycles. The van der Waals surface area contributed by atoms with Crippen LogP contribution in [0.25, 0.3) is 0 Å². The van der Waals surface area contributed by atoms with Crippen LogP contribution in [0.3, 0.4) is 0 Å². The van der Waals surface area contributed by atoms with Crippen LogP contribution in [-0.2, 0) is 18.3 Å². The van der Waals surface area contributed by atoms with Crippen molar-refractivity contribution in [3.05, 3.63) is 18.2 Å². The smallest absolute Gasteiger partial charge is 0.314 e. The summed E-state index contributed by atoms with van der Waals surface area (Å²) in [7, 11) is 1.89. The summed E-state index contributed by atoms with van der Waals surface area (Å²) in [5.41, 5.74) is -0.892. The van der Waals surface area contributed by atoms with Crippen molar-refractivity contribution in [2.24, 2.45) is 12.5 Å². The number of urea groups is 1. The van der Waals surface area contributed by atoms with E-state index in [2.05, 4.69) is 15.6 Å². The van der Waals surface area contributed by atoms with Gasteiger partial charge >= 0.3 is 12.0 Å². The van der Waals surface area contributed by atoms with E-state index in [9.17, 15) is 14.7 Å². The first kappa shape index (κ1) is 17.0. The highest BCUT2D eigenvalue weighted by atomic mass is 16.4. The standard InChI is InChI=1S/C14H24N4O3/c1-4-14(5-2,12(19)20)10-17-13(21)16-7-6-11-15-8-9-18(11)3/h8-9H,4-7,10H2,1-3H3,(H,19,20)(H2,16,17,21). The molecule has 0 saturated carbocycles. The number of carbonyl (C=O) groups is 2. The number of hydrogen-bond acceptors (Lipinski definition) is 3. The van der Waals surface area contributed by atoms with Crippen molar-refractivity contribution in [1.29, 1.82) is 0 Å². The molecule has 0 fully saturated rings. The summed E-state index contributed by atoms with van der Waals surface area (Å²) in [6.45, 7) is 4.22. The lowest BCUT2D eigenvalue weighted by atomic mass is 9.82. The van der Waals surface area contributed by atoms with E-state index in [0.29, 0.717) is 25.8 Å². The van der Waals surface area contributed by atoms with E-state index >= 15 is 0 Å². The van der Waals surface area contributed by atoms with Crippen LogP contribution < -0.4 is 10.6 Å². The highest BCUT2D eigenvalue weighted by Crippen LogP contribution is 2.25. The molecule has 2 amide bonds. The molecular weight excluding hydrogens is 272 g/mol. The number of aryl methyl sites for hydroxylation is 1. The number of aromatic nitrogens is 2. The topological polar surface area (TPSA) is 96.3 Å². The second-order valence-electron chi connectivity index (χ2n) is 5.11. The Morgan fingerprint density at radius 3 is 2.48 bits per heavy atom. The fourth-order valence-corrected chi connectivity index (χ4v) is 2.12. The zero-order valence-corrected chi connectivity index (χ0v) is 12.8. The second-order valence-corrected chi connectivity index (χ2v) is 5.11. The molecule has 0 unspecified atom stereocenters. The maximum Gasteiger partial charge on any atom is 0.314 e. The van der Waals surface area contributed by atoms with E-state index in [1.807, 2.05) is 31.7 Å². The van der Waals surface area contributed by atoms with Crippen LogP contribution in [0.2, 0.25) is 0 Å². The van der Waals surface area contributed by atoms with Crippen molar-refractivity contribution in [2.75, 3.05) is 13.1 Å². The van der Waals surface area contributed by atoms with Crippen molar-refractivity contribution in [2.45, 2.75) is 33.1 Å². The molecule has 0 spiro atoms. The zero-order valence-electron chi connectivity index (χ0n) is 12.8. The molecule has 7 nitrogen and oxygen atoms in total. The first-order valence-corrected chi connectivity index (χ1v) is 7.16. The monoisotopic (exact) mass is 296 g/mol.